The summed E-state index contributed by atoms with van der Waals surface area (Å²) in [4.78, 5) is 18.1. The summed E-state index contributed by atoms with van der Waals surface area (Å²) in [5.74, 6) is -0.935. The Kier molecular flexibility index (Phi) is 5.63. The van der Waals surface area contributed by atoms with E-state index in [1.165, 1.54) is 0 Å². The number of carboxylic acids is 1. The molecule has 0 radical (unpaired) electrons. The fourth-order valence-corrected chi connectivity index (χ4v) is 5.12. The van der Waals surface area contributed by atoms with Crippen LogP contribution in [-0.2, 0) is 0 Å². The summed E-state index contributed by atoms with van der Waals surface area (Å²) in [6.07, 6.45) is 1.80. The number of hydrogen-bond acceptors (Lipinski definition) is 3. The second-order valence-corrected chi connectivity index (χ2v) is 8.73. The Balaban J connectivity index is 1.65. The summed E-state index contributed by atoms with van der Waals surface area (Å²) in [6, 6.07) is 25.0. The van der Waals surface area contributed by atoms with Gasteiger partial charge in [0.25, 0.3) is 0 Å². The third-order valence-electron chi connectivity index (χ3n) is 6.29. The Hall–Kier alpha value is -3.97. The van der Waals surface area contributed by atoms with E-state index in [1.54, 1.807) is 18.3 Å². The van der Waals surface area contributed by atoms with E-state index < -0.39 is 5.97 Å². The van der Waals surface area contributed by atoms with E-state index in [4.69, 9.17) is 12.2 Å². The first-order valence-corrected chi connectivity index (χ1v) is 11.4. The van der Waals surface area contributed by atoms with Gasteiger partial charge in [0.2, 0.25) is 0 Å². The highest BCUT2D eigenvalue weighted by molar-refractivity contribution is 7.80. The minimum absolute atomic E-state index is 0.108. The maximum absolute atomic E-state index is 11.3. The predicted octanol–water partition coefficient (Wildman–Crippen LogP) is 5.36. The molecule has 5 rings (SSSR count). The van der Waals surface area contributed by atoms with Gasteiger partial charge in [-0.3, -0.25) is 4.98 Å². The maximum Gasteiger partial charge on any atom is 0.335 e. The molecule has 4 aromatic rings. The van der Waals surface area contributed by atoms with E-state index in [2.05, 4.69) is 51.8 Å². The number of carboxylic acid groups (broad SMARTS) is 1. The molecule has 34 heavy (non-hydrogen) atoms. The standard InChI is InChI=1S/C27H24N4O2S/c1-17-16-22(18(2)30(17)21-13-11-19(12-14-21)26(32)33)25-24(23-10-6-7-15-28-23)29-27(34)31(25)20-8-4-3-5-9-20/h3-16,24-25H,1-2H3,(H,29,34)(H,32,33)/t24-,25-/m0/s1. The average molecular weight is 469 g/mol. The summed E-state index contributed by atoms with van der Waals surface area (Å²) >= 11 is 5.82. The van der Waals surface area contributed by atoms with E-state index >= 15 is 0 Å². The van der Waals surface area contributed by atoms with Crippen molar-refractivity contribution < 1.29 is 9.90 Å². The van der Waals surface area contributed by atoms with Crippen LogP contribution in [0.1, 0.15) is 45.1 Å². The Labute approximate surface area is 203 Å². The van der Waals surface area contributed by atoms with Crippen LogP contribution >= 0.6 is 12.2 Å². The smallest absolute Gasteiger partial charge is 0.335 e. The molecule has 0 unspecified atom stereocenters. The zero-order valence-corrected chi connectivity index (χ0v) is 19.7. The van der Waals surface area contributed by atoms with Crippen molar-refractivity contribution >= 4 is 29.0 Å². The molecule has 0 spiro atoms. The van der Waals surface area contributed by atoms with Crippen LogP contribution < -0.4 is 10.2 Å². The number of nitrogens with one attached hydrogen (secondary N) is 1. The molecule has 2 aromatic heterocycles. The van der Waals surface area contributed by atoms with Crippen molar-refractivity contribution in [3.05, 3.63) is 113 Å². The van der Waals surface area contributed by atoms with Gasteiger partial charge in [-0.25, -0.2) is 4.79 Å². The Morgan fingerprint density at radius 3 is 2.32 bits per heavy atom. The third-order valence-corrected chi connectivity index (χ3v) is 6.61. The molecular formula is C27H24N4O2S. The van der Waals surface area contributed by atoms with Crippen LogP contribution in [0.4, 0.5) is 5.69 Å². The van der Waals surface area contributed by atoms with Crippen LogP contribution in [0.3, 0.4) is 0 Å². The molecule has 1 aliphatic heterocycles. The van der Waals surface area contributed by atoms with Gasteiger partial charge in [0, 0.05) is 29.0 Å². The molecule has 1 saturated heterocycles. The maximum atomic E-state index is 11.3. The first-order chi connectivity index (χ1) is 16.5. The summed E-state index contributed by atoms with van der Waals surface area (Å²) in [6.45, 7) is 4.15. The molecule has 0 bridgehead atoms. The number of pyridine rings is 1. The van der Waals surface area contributed by atoms with Gasteiger partial charge in [0.1, 0.15) is 0 Å². The number of para-hydroxylation sites is 1. The number of aromatic nitrogens is 2. The average Bonchev–Trinajstić information content (AvgIpc) is 3.35. The number of benzene rings is 2. The lowest BCUT2D eigenvalue weighted by molar-refractivity contribution is 0.0697. The Bertz CT molecular complexity index is 1350. The summed E-state index contributed by atoms with van der Waals surface area (Å²) in [7, 11) is 0. The van der Waals surface area contributed by atoms with Crippen LogP contribution in [0.2, 0.25) is 0 Å². The zero-order valence-electron chi connectivity index (χ0n) is 18.8. The van der Waals surface area contributed by atoms with Gasteiger partial charge >= 0.3 is 5.97 Å². The fourth-order valence-electron chi connectivity index (χ4n) is 4.78. The molecule has 3 heterocycles. The van der Waals surface area contributed by atoms with Crippen molar-refractivity contribution in [1.29, 1.82) is 0 Å². The number of nitrogens with zero attached hydrogens (tertiary/aromatic N) is 3. The normalized spacial score (nSPS) is 17.6. The lowest BCUT2D eigenvalue weighted by Crippen LogP contribution is -2.29. The van der Waals surface area contributed by atoms with Gasteiger partial charge in [-0.1, -0.05) is 24.3 Å². The minimum atomic E-state index is -0.935. The second-order valence-electron chi connectivity index (χ2n) is 8.35. The van der Waals surface area contributed by atoms with Gasteiger partial charge in [0.05, 0.1) is 23.3 Å². The number of aryl methyl sites for hydroxylation is 1. The van der Waals surface area contributed by atoms with Crippen molar-refractivity contribution in [2.45, 2.75) is 25.9 Å². The molecule has 2 N–H and O–H groups in total. The largest absolute Gasteiger partial charge is 0.478 e. The van der Waals surface area contributed by atoms with Crippen LogP contribution in [-0.4, -0.2) is 25.7 Å². The third kappa shape index (κ3) is 3.74. The predicted molar refractivity (Wildman–Crippen MR) is 137 cm³/mol. The lowest BCUT2D eigenvalue weighted by atomic mass is 9.96. The van der Waals surface area contributed by atoms with E-state index in [0.29, 0.717) is 5.11 Å². The van der Waals surface area contributed by atoms with Gasteiger partial charge in [0.15, 0.2) is 5.11 Å². The lowest BCUT2D eigenvalue weighted by Gasteiger charge is -2.28. The number of rotatable bonds is 5. The van der Waals surface area contributed by atoms with E-state index in [-0.39, 0.29) is 17.6 Å². The second kappa shape index (κ2) is 8.76. The van der Waals surface area contributed by atoms with Gasteiger partial charge < -0.3 is 19.9 Å². The molecule has 7 heteroatoms. The first kappa shape index (κ1) is 21.9. The van der Waals surface area contributed by atoms with E-state index in [0.717, 1.165) is 34.0 Å². The molecule has 0 amide bonds. The molecule has 0 saturated carbocycles. The van der Waals surface area contributed by atoms with Crippen LogP contribution in [0.25, 0.3) is 5.69 Å². The van der Waals surface area contributed by atoms with E-state index in [1.807, 2.05) is 48.5 Å². The summed E-state index contributed by atoms with van der Waals surface area (Å²) in [5.41, 5.74) is 6.37. The number of carbonyl (C=O) groups is 1. The van der Waals surface area contributed by atoms with Gasteiger partial charge in [-0.05, 0) is 86.2 Å². The molecular weight excluding hydrogens is 444 g/mol. The highest BCUT2D eigenvalue weighted by Gasteiger charge is 2.42. The summed E-state index contributed by atoms with van der Waals surface area (Å²) < 4.78 is 2.15. The monoisotopic (exact) mass is 468 g/mol. The van der Waals surface area contributed by atoms with Gasteiger partial charge in [-0.15, -0.1) is 0 Å². The Morgan fingerprint density at radius 2 is 1.68 bits per heavy atom. The molecule has 2 aromatic carbocycles. The number of anilines is 1. The van der Waals surface area contributed by atoms with Crippen molar-refractivity contribution in [3.63, 3.8) is 0 Å². The molecule has 1 fully saturated rings. The number of thiocarbonyl (C=S) groups is 1. The van der Waals surface area contributed by atoms with Crippen LogP contribution in [0, 0.1) is 13.8 Å². The van der Waals surface area contributed by atoms with Crippen molar-refractivity contribution in [1.82, 2.24) is 14.9 Å². The van der Waals surface area contributed by atoms with Gasteiger partial charge in [-0.2, -0.15) is 0 Å². The quantitative estimate of drug-likeness (QED) is 0.384. The number of aromatic carboxylic acids is 1. The van der Waals surface area contributed by atoms with Crippen molar-refractivity contribution in [3.8, 4) is 5.69 Å². The molecule has 1 aliphatic rings. The van der Waals surface area contributed by atoms with E-state index in [9.17, 15) is 9.90 Å². The zero-order chi connectivity index (χ0) is 23.8. The topological polar surface area (TPSA) is 70.4 Å². The molecule has 2 atom stereocenters. The highest BCUT2D eigenvalue weighted by Crippen LogP contribution is 2.43. The highest BCUT2D eigenvalue weighted by atomic mass is 32.1. The first-order valence-electron chi connectivity index (χ1n) is 11.0. The SMILES string of the molecule is Cc1cc([C@H]2[C@H](c3ccccn3)NC(=S)N2c2ccccc2)c(C)n1-c1ccc(C(=O)O)cc1. The van der Waals surface area contributed by atoms with Crippen molar-refractivity contribution in [2.24, 2.45) is 0 Å². The Morgan fingerprint density at radius 1 is 0.971 bits per heavy atom. The minimum Gasteiger partial charge on any atom is -0.478 e. The van der Waals surface area contributed by atoms with Crippen LogP contribution in [0.5, 0.6) is 0 Å². The van der Waals surface area contributed by atoms with Crippen LogP contribution in [0.15, 0.2) is 85.1 Å². The molecule has 170 valence electrons. The summed E-state index contributed by atoms with van der Waals surface area (Å²) in [5, 5.41) is 13.4. The molecule has 0 aliphatic carbocycles. The van der Waals surface area contributed by atoms with Crippen molar-refractivity contribution in [2.75, 3.05) is 4.90 Å². The fraction of sp³-hybridized carbons (Fsp3) is 0.148. The number of hydrogen-bond donors (Lipinski definition) is 2. The molecule has 6 nitrogen and oxygen atoms in total.